The summed E-state index contributed by atoms with van der Waals surface area (Å²) in [7, 11) is 0. The third kappa shape index (κ3) is 18.3. The van der Waals surface area contributed by atoms with Crippen LogP contribution in [0.1, 0.15) is 83.6 Å². The standard InChI is InChI=1S/C18H24O5.C16H19F3O/c1-5-8-9-10-13-17(19)22-15(4)23-18(20)21-14-16(11-6-2)12-7-3;17-16(18,19)14-9-5-10-15(12-14)20-11-4-3-8-13-6-1-2-7-13/h2-3,5,8,15-16H,9-14H2,1,4H3;3,5,8-10,12-13H,1-2,4,6-7,11H2/b8-5-;8-3+. The van der Waals surface area contributed by atoms with E-state index in [1.807, 2.05) is 19.1 Å². The molecule has 1 saturated carbocycles. The molecule has 0 heterocycles. The zero-order valence-electron chi connectivity index (χ0n) is 25.1. The average molecular weight is 605 g/mol. The number of carbonyl (C=O) groups is 2. The van der Waals surface area contributed by atoms with Crippen molar-refractivity contribution in [1.82, 2.24) is 0 Å². The van der Waals surface area contributed by atoms with Crippen LogP contribution in [0.3, 0.4) is 0 Å². The van der Waals surface area contributed by atoms with E-state index in [0.29, 0.717) is 31.8 Å². The second-order valence-corrected chi connectivity index (χ2v) is 10.0. The predicted octanol–water partition coefficient (Wildman–Crippen LogP) is 8.66. The highest BCUT2D eigenvalue weighted by molar-refractivity contribution is 5.69. The van der Waals surface area contributed by atoms with Crippen LogP contribution in [0.5, 0.6) is 5.75 Å². The summed E-state index contributed by atoms with van der Waals surface area (Å²) >= 11 is 0. The molecule has 1 atom stereocenters. The van der Waals surface area contributed by atoms with Crippen LogP contribution in [0.2, 0.25) is 0 Å². The molecule has 1 aromatic carbocycles. The normalized spacial score (nSPS) is 14.0. The Balaban J connectivity index is 0.000000433. The Morgan fingerprint density at radius 1 is 1.07 bits per heavy atom. The van der Waals surface area contributed by atoms with E-state index >= 15 is 0 Å². The van der Waals surface area contributed by atoms with Crippen LogP contribution in [-0.4, -0.2) is 31.6 Å². The van der Waals surface area contributed by atoms with Gasteiger partial charge in [0.05, 0.1) is 18.8 Å². The van der Waals surface area contributed by atoms with Crippen molar-refractivity contribution in [2.24, 2.45) is 11.8 Å². The lowest BCUT2D eigenvalue weighted by atomic mass is 10.0. The Hall–Kier alpha value is -3.85. The highest BCUT2D eigenvalue weighted by Gasteiger charge is 2.30. The Morgan fingerprint density at radius 2 is 1.77 bits per heavy atom. The summed E-state index contributed by atoms with van der Waals surface area (Å²) in [6, 6.07) is 5.01. The van der Waals surface area contributed by atoms with Gasteiger partial charge in [-0.05, 0) is 63.1 Å². The molecule has 0 aromatic heterocycles. The first-order chi connectivity index (χ1) is 20.6. The minimum absolute atomic E-state index is 0.0667. The van der Waals surface area contributed by atoms with Crippen molar-refractivity contribution >= 4 is 12.1 Å². The van der Waals surface area contributed by atoms with Gasteiger partial charge in [0.25, 0.3) is 0 Å². The number of allylic oxidation sites excluding steroid dienone is 3. The third-order valence-electron chi connectivity index (χ3n) is 6.32. The van der Waals surface area contributed by atoms with E-state index in [2.05, 4.69) is 24.0 Å². The molecule has 1 aromatic rings. The maximum Gasteiger partial charge on any atom is 0.511 e. The number of terminal acetylenes is 2. The van der Waals surface area contributed by atoms with E-state index in [0.717, 1.165) is 25.0 Å². The molecule has 1 fully saturated rings. The summed E-state index contributed by atoms with van der Waals surface area (Å²) in [5.74, 6) is 5.36. The van der Waals surface area contributed by atoms with Crippen molar-refractivity contribution in [1.29, 1.82) is 0 Å². The van der Waals surface area contributed by atoms with E-state index < -0.39 is 30.2 Å². The summed E-state index contributed by atoms with van der Waals surface area (Å²) in [5.41, 5.74) is -0.670. The number of hydrogen-bond acceptors (Lipinski definition) is 6. The summed E-state index contributed by atoms with van der Waals surface area (Å²) in [5, 5.41) is 0. The molecule has 6 nitrogen and oxygen atoms in total. The van der Waals surface area contributed by atoms with Crippen LogP contribution >= 0.6 is 0 Å². The van der Waals surface area contributed by atoms with Gasteiger partial charge in [-0.3, -0.25) is 4.79 Å². The molecule has 2 rings (SSSR count). The van der Waals surface area contributed by atoms with E-state index in [1.54, 1.807) is 6.07 Å². The molecule has 0 radical (unpaired) electrons. The Bertz CT molecular complexity index is 1070. The molecule has 0 aliphatic heterocycles. The number of esters is 1. The molecule has 9 heteroatoms. The van der Waals surface area contributed by atoms with Gasteiger partial charge in [-0.1, -0.05) is 43.2 Å². The minimum atomic E-state index is -4.32. The van der Waals surface area contributed by atoms with Crippen LogP contribution < -0.4 is 4.74 Å². The number of alkyl halides is 3. The molecule has 236 valence electrons. The SMILES string of the molecule is C#CCC(CC#C)COC(=O)OC(C)OC(=O)CCC/C=C\C.FC(F)(F)c1cccc(OCC/C=C/C2CCCC2)c1. The molecule has 1 aliphatic carbocycles. The fourth-order valence-electron chi connectivity index (χ4n) is 4.12. The van der Waals surface area contributed by atoms with E-state index in [1.165, 1.54) is 38.7 Å². The fourth-order valence-corrected chi connectivity index (χ4v) is 4.12. The fraction of sp³-hybridized carbons (Fsp3) is 0.529. The number of ether oxygens (including phenoxy) is 4. The zero-order valence-corrected chi connectivity index (χ0v) is 25.1. The zero-order chi connectivity index (χ0) is 31.9. The number of halogens is 3. The van der Waals surface area contributed by atoms with Crippen molar-refractivity contribution in [2.75, 3.05) is 13.2 Å². The lowest BCUT2D eigenvalue weighted by Crippen LogP contribution is -2.23. The summed E-state index contributed by atoms with van der Waals surface area (Å²) in [4.78, 5) is 23.0. The minimum Gasteiger partial charge on any atom is -0.493 e. The maximum absolute atomic E-state index is 12.5. The molecular formula is C34H43F3O6. The second kappa shape index (κ2) is 21.8. The Kier molecular flexibility index (Phi) is 18.8. The maximum atomic E-state index is 12.5. The molecule has 1 aliphatic rings. The second-order valence-electron chi connectivity index (χ2n) is 10.0. The summed E-state index contributed by atoms with van der Waals surface area (Å²) in [6.07, 6.45) is 20.8. The van der Waals surface area contributed by atoms with Gasteiger partial charge >= 0.3 is 18.3 Å². The quantitative estimate of drug-likeness (QED) is 0.0656. The monoisotopic (exact) mass is 604 g/mol. The van der Waals surface area contributed by atoms with Gasteiger partial charge in [-0.2, -0.15) is 13.2 Å². The predicted molar refractivity (Wildman–Crippen MR) is 160 cm³/mol. The molecule has 0 spiro atoms. The van der Waals surface area contributed by atoms with Crippen LogP contribution in [0.25, 0.3) is 0 Å². The van der Waals surface area contributed by atoms with E-state index in [-0.39, 0.29) is 24.7 Å². The molecule has 0 bridgehead atoms. The number of hydrogen-bond donors (Lipinski definition) is 0. The highest BCUT2D eigenvalue weighted by atomic mass is 19.4. The van der Waals surface area contributed by atoms with Gasteiger partial charge in [0, 0.05) is 32.1 Å². The van der Waals surface area contributed by atoms with Crippen molar-refractivity contribution < 1.29 is 41.7 Å². The third-order valence-corrected chi connectivity index (χ3v) is 6.32. The molecule has 0 amide bonds. The Labute approximate surface area is 254 Å². The number of carbonyl (C=O) groups excluding carboxylic acids is 2. The number of unbranched alkanes of at least 4 members (excludes halogenated alkanes) is 1. The summed E-state index contributed by atoms with van der Waals surface area (Å²) in [6.45, 7) is 3.84. The van der Waals surface area contributed by atoms with Gasteiger partial charge in [-0.25, -0.2) is 4.79 Å². The largest absolute Gasteiger partial charge is 0.511 e. The molecular weight excluding hydrogens is 561 g/mol. The van der Waals surface area contributed by atoms with Gasteiger partial charge in [0.1, 0.15) is 5.75 Å². The molecule has 0 N–H and O–H groups in total. The van der Waals surface area contributed by atoms with Crippen molar-refractivity contribution in [3.05, 3.63) is 54.1 Å². The lowest BCUT2D eigenvalue weighted by Gasteiger charge is -2.15. The topological polar surface area (TPSA) is 71.1 Å². The van der Waals surface area contributed by atoms with Gasteiger partial charge in [-0.15, -0.1) is 24.7 Å². The first-order valence-corrected chi connectivity index (χ1v) is 14.6. The Morgan fingerprint density at radius 3 is 2.40 bits per heavy atom. The van der Waals surface area contributed by atoms with Gasteiger partial charge < -0.3 is 18.9 Å². The van der Waals surface area contributed by atoms with Crippen molar-refractivity contribution in [3.8, 4) is 30.4 Å². The first-order valence-electron chi connectivity index (χ1n) is 14.6. The van der Waals surface area contributed by atoms with Crippen molar-refractivity contribution in [2.45, 2.75) is 90.5 Å². The first kappa shape index (κ1) is 37.2. The van der Waals surface area contributed by atoms with Crippen LogP contribution in [0.4, 0.5) is 18.0 Å². The van der Waals surface area contributed by atoms with Crippen LogP contribution in [-0.2, 0) is 25.2 Å². The highest BCUT2D eigenvalue weighted by Crippen LogP contribution is 2.31. The summed E-state index contributed by atoms with van der Waals surface area (Å²) < 4.78 is 57.6. The molecule has 0 saturated heterocycles. The van der Waals surface area contributed by atoms with Gasteiger partial charge in [0.2, 0.25) is 6.29 Å². The van der Waals surface area contributed by atoms with Gasteiger partial charge in [0.15, 0.2) is 0 Å². The lowest BCUT2D eigenvalue weighted by molar-refractivity contribution is -0.168. The average Bonchev–Trinajstić information content (AvgIpc) is 3.48. The smallest absolute Gasteiger partial charge is 0.493 e. The van der Waals surface area contributed by atoms with Crippen LogP contribution in [0.15, 0.2) is 48.6 Å². The number of rotatable bonds is 15. The van der Waals surface area contributed by atoms with E-state index in [9.17, 15) is 22.8 Å². The molecule has 43 heavy (non-hydrogen) atoms. The van der Waals surface area contributed by atoms with Crippen molar-refractivity contribution in [3.63, 3.8) is 0 Å². The van der Waals surface area contributed by atoms with Crippen LogP contribution in [0, 0.1) is 36.5 Å². The van der Waals surface area contributed by atoms with E-state index in [4.69, 9.17) is 31.8 Å². The number of benzene rings is 1. The molecule has 1 unspecified atom stereocenters.